The Bertz CT molecular complexity index is 263. The highest BCUT2D eigenvalue weighted by Crippen LogP contribution is 2.36. The summed E-state index contributed by atoms with van der Waals surface area (Å²) < 4.78 is 3.40. The SMILES string of the molecule is CCOC(=O)N1CC=CCC1C(Cl)(Cl)Cl. The maximum absolute atomic E-state index is 11.5. The monoisotopic (exact) mass is 271 g/mol. The van der Waals surface area contributed by atoms with Gasteiger partial charge in [0.25, 0.3) is 0 Å². The van der Waals surface area contributed by atoms with Gasteiger partial charge in [0.2, 0.25) is 3.79 Å². The van der Waals surface area contributed by atoms with E-state index in [1.807, 2.05) is 12.2 Å². The zero-order chi connectivity index (χ0) is 11.5. The van der Waals surface area contributed by atoms with Crippen LogP contribution in [0, 0.1) is 0 Å². The molecule has 1 aliphatic heterocycles. The lowest BCUT2D eigenvalue weighted by Gasteiger charge is -2.36. The molecule has 1 aliphatic rings. The first-order valence-corrected chi connectivity index (χ1v) is 5.75. The molecule has 0 N–H and O–H groups in total. The van der Waals surface area contributed by atoms with Crippen LogP contribution >= 0.6 is 34.8 Å². The van der Waals surface area contributed by atoms with Gasteiger partial charge >= 0.3 is 6.09 Å². The molecule has 0 fully saturated rings. The molecule has 1 unspecified atom stereocenters. The molecule has 0 saturated carbocycles. The zero-order valence-electron chi connectivity index (χ0n) is 8.25. The Labute approximate surface area is 104 Å². The lowest BCUT2D eigenvalue weighted by atomic mass is 10.1. The average Bonchev–Trinajstić information content (AvgIpc) is 2.17. The summed E-state index contributed by atoms with van der Waals surface area (Å²) in [4.78, 5) is 13.0. The summed E-state index contributed by atoms with van der Waals surface area (Å²) in [6.45, 7) is 2.46. The van der Waals surface area contributed by atoms with Crippen LogP contribution < -0.4 is 0 Å². The van der Waals surface area contributed by atoms with Crippen LogP contribution in [0.25, 0.3) is 0 Å². The van der Waals surface area contributed by atoms with Crippen molar-refractivity contribution in [2.24, 2.45) is 0 Å². The molecule has 0 spiro atoms. The number of carbonyl (C=O) groups excluding carboxylic acids is 1. The van der Waals surface area contributed by atoms with Gasteiger partial charge in [-0.25, -0.2) is 4.79 Å². The van der Waals surface area contributed by atoms with Gasteiger partial charge in [0.15, 0.2) is 0 Å². The number of hydrogen-bond donors (Lipinski definition) is 0. The van der Waals surface area contributed by atoms with Crippen LogP contribution in [0.4, 0.5) is 4.79 Å². The highest BCUT2D eigenvalue weighted by molar-refractivity contribution is 6.68. The standard InChI is InChI=1S/C9H12Cl3NO2/c1-2-15-8(14)13-6-4-3-5-7(13)9(10,11)12/h3-4,7H,2,5-6H2,1H3. The Morgan fingerprint density at radius 1 is 1.53 bits per heavy atom. The van der Waals surface area contributed by atoms with Crippen LogP contribution in [-0.2, 0) is 4.74 Å². The molecule has 1 amide bonds. The van der Waals surface area contributed by atoms with Crippen molar-refractivity contribution < 1.29 is 9.53 Å². The van der Waals surface area contributed by atoms with E-state index in [1.165, 1.54) is 4.90 Å². The van der Waals surface area contributed by atoms with E-state index in [2.05, 4.69) is 0 Å². The molecule has 0 aromatic heterocycles. The smallest absolute Gasteiger partial charge is 0.410 e. The lowest BCUT2D eigenvalue weighted by Crippen LogP contribution is -2.49. The Morgan fingerprint density at radius 2 is 2.20 bits per heavy atom. The third-order valence-corrected chi connectivity index (χ3v) is 2.84. The molecule has 1 rings (SSSR count). The molecule has 0 bridgehead atoms. The van der Waals surface area contributed by atoms with E-state index in [1.54, 1.807) is 6.92 Å². The first-order valence-electron chi connectivity index (χ1n) is 4.62. The number of carbonyl (C=O) groups is 1. The van der Waals surface area contributed by atoms with Crippen molar-refractivity contribution in [3.8, 4) is 0 Å². The number of ether oxygens (including phenoxy) is 1. The summed E-state index contributed by atoms with van der Waals surface area (Å²) in [7, 11) is 0. The van der Waals surface area contributed by atoms with Crippen molar-refractivity contribution in [1.82, 2.24) is 4.90 Å². The van der Waals surface area contributed by atoms with Crippen LogP contribution in [0.3, 0.4) is 0 Å². The maximum atomic E-state index is 11.5. The molecule has 6 heteroatoms. The number of rotatable bonds is 1. The van der Waals surface area contributed by atoms with E-state index in [4.69, 9.17) is 39.5 Å². The highest BCUT2D eigenvalue weighted by Gasteiger charge is 2.40. The summed E-state index contributed by atoms with van der Waals surface area (Å²) in [5.41, 5.74) is 0. The predicted octanol–water partition coefficient (Wildman–Crippen LogP) is 3.14. The molecule has 0 saturated heterocycles. The fourth-order valence-electron chi connectivity index (χ4n) is 1.39. The second kappa shape index (κ2) is 5.28. The normalized spacial score (nSPS) is 21.6. The molecule has 1 heterocycles. The van der Waals surface area contributed by atoms with Crippen LogP contribution in [0.5, 0.6) is 0 Å². The summed E-state index contributed by atoms with van der Waals surface area (Å²) >= 11 is 17.4. The minimum Gasteiger partial charge on any atom is -0.450 e. The van der Waals surface area contributed by atoms with Gasteiger partial charge in [-0.2, -0.15) is 0 Å². The zero-order valence-corrected chi connectivity index (χ0v) is 10.5. The number of hydrogen-bond acceptors (Lipinski definition) is 2. The molecule has 0 aliphatic carbocycles. The maximum Gasteiger partial charge on any atom is 0.410 e. The van der Waals surface area contributed by atoms with Crippen molar-refractivity contribution in [2.75, 3.05) is 13.2 Å². The Morgan fingerprint density at radius 3 is 2.73 bits per heavy atom. The van der Waals surface area contributed by atoms with Crippen LogP contribution in [-0.4, -0.2) is 34.0 Å². The second-order valence-electron chi connectivity index (χ2n) is 3.12. The van der Waals surface area contributed by atoms with Gasteiger partial charge in [0.1, 0.15) is 0 Å². The van der Waals surface area contributed by atoms with E-state index in [-0.39, 0.29) is 0 Å². The van der Waals surface area contributed by atoms with Gasteiger partial charge < -0.3 is 4.74 Å². The molecule has 0 aromatic rings. The van der Waals surface area contributed by atoms with Gasteiger partial charge in [-0.1, -0.05) is 47.0 Å². The minimum absolute atomic E-state index is 0.311. The fraction of sp³-hybridized carbons (Fsp3) is 0.667. The van der Waals surface area contributed by atoms with E-state index < -0.39 is 15.9 Å². The highest BCUT2D eigenvalue weighted by atomic mass is 35.6. The second-order valence-corrected chi connectivity index (χ2v) is 5.48. The number of nitrogens with zero attached hydrogens (tertiary/aromatic N) is 1. The number of alkyl halides is 3. The van der Waals surface area contributed by atoms with Gasteiger partial charge in [0, 0.05) is 6.54 Å². The molecule has 86 valence electrons. The number of amides is 1. The molecule has 0 aromatic carbocycles. The van der Waals surface area contributed by atoms with Gasteiger partial charge in [-0.15, -0.1) is 0 Å². The lowest BCUT2D eigenvalue weighted by molar-refractivity contribution is 0.0939. The van der Waals surface area contributed by atoms with Crippen molar-refractivity contribution in [2.45, 2.75) is 23.2 Å². The van der Waals surface area contributed by atoms with Crippen molar-refractivity contribution in [1.29, 1.82) is 0 Å². The van der Waals surface area contributed by atoms with Crippen LogP contribution in [0.1, 0.15) is 13.3 Å². The minimum atomic E-state index is -1.49. The topological polar surface area (TPSA) is 29.5 Å². The molecule has 1 atom stereocenters. The predicted molar refractivity (Wildman–Crippen MR) is 61.6 cm³/mol. The van der Waals surface area contributed by atoms with Crippen LogP contribution in [0.2, 0.25) is 0 Å². The Kier molecular flexibility index (Phi) is 4.56. The van der Waals surface area contributed by atoms with Crippen molar-refractivity contribution in [3.63, 3.8) is 0 Å². The third-order valence-electron chi connectivity index (χ3n) is 2.08. The van der Waals surface area contributed by atoms with Crippen LogP contribution in [0.15, 0.2) is 12.2 Å². The van der Waals surface area contributed by atoms with E-state index >= 15 is 0 Å². The number of halogens is 3. The molecule has 15 heavy (non-hydrogen) atoms. The fourth-order valence-corrected chi connectivity index (χ4v) is 2.01. The third kappa shape index (κ3) is 3.44. The van der Waals surface area contributed by atoms with E-state index in [9.17, 15) is 4.79 Å². The van der Waals surface area contributed by atoms with Gasteiger partial charge in [-0.3, -0.25) is 4.90 Å². The Balaban J connectivity index is 2.76. The van der Waals surface area contributed by atoms with Gasteiger partial charge in [0.05, 0.1) is 12.6 Å². The quantitative estimate of drug-likeness (QED) is 0.542. The molecular weight excluding hydrogens is 260 g/mol. The van der Waals surface area contributed by atoms with E-state index in [0.717, 1.165) is 0 Å². The summed E-state index contributed by atoms with van der Waals surface area (Å²) in [5.74, 6) is 0. The summed E-state index contributed by atoms with van der Waals surface area (Å²) in [5, 5.41) is 0. The summed E-state index contributed by atoms with van der Waals surface area (Å²) in [6, 6.07) is -0.466. The summed E-state index contributed by atoms with van der Waals surface area (Å²) in [6.07, 6.45) is 3.82. The first kappa shape index (κ1) is 12.9. The Hall–Kier alpha value is -0.120. The molecule has 3 nitrogen and oxygen atoms in total. The van der Waals surface area contributed by atoms with Crippen molar-refractivity contribution >= 4 is 40.9 Å². The average molecular weight is 273 g/mol. The van der Waals surface area contributed by atoms with Crippen molar-refractivity contribution in [3.05, 3.63) is 12.2 Å². The van der Waals surface area contributed by atoms with Gasteiger partial charge in [-0.05, 0) is 13.3 Å². The largest absolute Gasteiger partial charge is 0.450 e. The molecular formula is C9H12Cl3NO2. The first-order chi connectivity index (χ1) is 6.96. The van der Waals surface area contributed by atoms with E-state index in [0.29, 0.717) is 19.6 Å². The molecule has 0 radical (unpaired) electrons.